The van der Waals surface area contributed by atoms with Gasteiger partial charge < -0.3 is 15.4 Å². The van der Waals surface area contributed by atoms with Gasteiger partial charge in [0.05, 0.1) is 6.10 Å². The van der Waals surface area contributed by atoms with Crippen LogP contribution in [0.5, 0.6) is 0 Å². The molecule has 1 fully saturated rings. The molecule has 1 atom stereocenters. The predicted octanol–water partition coefficient (Wildman–Crippen LogP) is 3.05. The van der Waals surface area contributed by atoms with Gasteiger partial charge in [-0.2, -0.15) is 0 Å². The first-order valence-corrected chi connectivity index (χ1v) is 8.61. The fraction of sp³-hybridized carbons (Fsp3) is 0.421. The van der Waals surface area contributed by atoms with Crippen molar-refractivity contribution in [1.29, 1.82) is 0 Å². The maximum atomic E-state index is 12.1. The molecular weight excluding hydrogens is 316 g/mol. The highest BCUT2D eigenvalue weighted by atomic mass is 16.5. The molecule has 6 nitrogen and oxygen atoms in total. The lowest BCUT2D eigenvalue weighted by Gasteiger charge is -2.13. The van der Waals surface area contributed by atoms with Gasteiger partial charge in [-0.25, -0.2) is 0 Å². The lowest BCUT2D eigenvalue weighted by molar-refractivity contribution is 0.0853. The van der Waals surface area contributed by atoms with Crippen LogP contribution in [0.25, 0.3) is 0 Å². The second-order valence-corrected chi connectivity index (χ2v) is 6.55. The van der Waals surface area contributed by atoms with Crippen molar-refractivity contribution >= 4 is 17.4 Å². The van der Waals surface area contributed by atoms with E-state index in [0.717, 1.165) is 36.3 Å². The quantitative estimate of drug-likeness (QED) is 0.875. The number of amides is 1. The average Bonchev–Trinajstić information content (AvgIpc) is 3.10. The molecule has 1 aliphatic rings. The topological polar surface area (TPSA) is 76.1 Å². The number of carbonyl (C=O) groups excluding carboxylic acids is 1. The number of aryl methyl sites for hydroxylation is 3. The van der Waals surface area contributed by atoms with Crippen LogP contribution >= 0.6 is 0 Å². The van der Waals surface area contributed by atoms with Crippen LogP contribution in [0.2, 0.25) is 0 Å². The van der Waals surface area contributed by atoms with Crippen molar-refractivity contribution in [1.82, 2.24) is 15.5 Å². The summed E-state index contributed by atoms with van der Waals surface area (Å²) in [7, 11) is 0. The minimum absolute atomic E-state index is 0.116. The summed E-state index contributed by atoms with van der Waals surface area (Å²) in [6.45, 7) is 7.49. The maximum absolute atomic E-state index is 12.1. The third-order valence-corrected chi connectivity index (χ3v) is 4.34. The lowest BCUT2D eigenvalue weighted by Crippen LogP contribution is -2.32. The third kappa shape index (κ3) is 4.33. The van der Waals surface area contributed by atoms with Crippen LogP contribution in [0.15, 0.2) is 24.3 Å². The first kappa shape index (κ1) is 17.4. The van der Waals surface area contributed by atoms with Gasteiger partial charge in [-0.1, -0.05) is 17.7 Å². The van der Waals surface area contributed by atoms with Crippen molar-refractivity contribution in [2.24, 2.45) is 0 Å². The third-order valence-electron chi connectivity index (χ3n) is 4.34. The van der Waals surface area contributed by atoms with Crippen molar-refractivity contribution in [3.63, 3.8) is 0 Å². The maximum Gasteiger partial charge on any atom is 0.271 e. The average molecular weight is 340 g/mol. The second kappa shape index (κ2) is 7.61. The van der Waals surface area contributed by atoms with Crippen molar-refractivity contribution in [2.45, 2.75) is 39.7 Å². The van der Waals surface area contributed by atoms with Crippen LogP contribution in [0.1, 0.15) is 40.0 Å². The molecule has 0 aliphatic carbocycles. The summed E-state index contributed by atoms with van der Waals surface area (Å²) in [5.74, 6) is 0.392. The molecule has 0 spiro atoms. The van der Waals surface area contributed by atoms with Gasteiger partial charge >= 0.3 is 0 Å². The van der Waals surface area contributed by atoms with Crippen molar-refractivity contribution < 1.29 is 9.53 Å². The SMILES string of the molecule is Cc1cc(C)c(Nc2ccc(C(=O)NCC3CCCO3)nn2)c(C)c1. The molecule has 0 radical (unpaired) electrons. The molecule has 1 saturated heterocycles. The molecule has 1 aliphatic heterocycles. The molecule has 1 unspecified atom stereocenters. The Bertz CT molecular complexity index is 730. The van der Waals surface area contributed by atoms with E-state index in [1.165, 1.54) is 5.56 Å². The Morgan fingerprint density at radius 3 is 2.56 bits per heavy atom. The van der Waals surface area contributed by atoms with Crippen LogP contribution in [-0.2, 0) is 4.74 Å². The van der Waals surface area contributed by atoms with Gasteiger partial charge in [-0.3, -0.25) is 4.79 Å². The van der Waals surface area contributed by atoms with Crippen LogP contribution in [-0.4, -0.2) is 35.4 Å². The van der Waals surface area contributed by atoms with E-state index < -0.39 is 0 Å². The first-order valence-electron chi connectivity index (χ1n) is 8.61. The highest BCUT2D eigenvalue weighted by Gasteiger charge is 2.17. The largest absolute Gasteiger partial charge is 0.376 e. The summed E-state index contributed by atoms with van der Waals surface area (Å²) >= 11 is 0. The predicted molar refractivity (Wildman–Crippen MR) is 97.3 cm³/mol. The Morgan fingerprint density at radius 2 is 1.96 bits per heavy atom. The number of hydrogen-bond acceptors (Lipinski definition) is 5. The van der Waals surface area contributed by atoms with Crippen molar-refractivity contribution in [2.75, 3.05) is 18.5 Å². The molecule has 0 saturated carbocycles. The summed E-state index contributed by atoms with van der Waals surface area (Å²) in [6, 6.07) is 7.69. The number of nitrogens with one attached hydrogen (secondary N) is 2. The molecule has 25 heavy (non-hydrogen) atoms. The Labute approximate surface area is 148 Å². The molecular formula is C19H24N4O2. The van der Waals surface area contributed by atoms with E-state index in [1.54, 1.807) is 12.1 Å². The van der Waals surface area contributed by atoms with Gasteiger partial charge in [0.2, 0.25) is 0 Å². The summed E-state index contributed by atoms with van der Waals surface area (Å²) in [5, 5.41) is 14.3. The van der Waals surface area contributed by atoms with Gasteiger partial charge in [-0.05, 0) is 56.9 Å². The lowest BCUT2D eigenvalue weighted by atomic mass is 10.1. The van der Waals surface area contributed by atoms with Crippen molar-refractivity contribution in [3.8, 4) is 0 Å². The molecule has 1 amide bonds. The molecule has 132 valence electrons. The minimum atomic E-state index is -0.225. The van der Waals surface area contributed by atoms with E-state index in [9.17, 15) is 4.79 Å². The molecule has 2 N–H and O–H groups in total. The first-order chi connectivity index (χ1) is 12.0. The minimum Gasteiger partial charge on any atom is -0.376 e. The molecule has 0 bridgehead atoms. The van der Waals surface area contributed by atoms with Gasteiger partial charge in [0.1, 0.15) is 0 Å². The molecule has 2 aromatic rings. The molecule has 2 heterocycles. The van der Waals surface area contributed by atoms with Crippen LogP contribution in [0.3, 0.4) is 0 Å². The summed E-state index contributed by atoms with van der Waals surface area (Å²) in [4.78, 5) is 12.1. The van der Waals surface area contributed by atoms with Crippen LogP contribution in [0.4, 0.5) is 11.5 Å². The number of carbonyl (C=O) groups is 1. The van der Waals surface area contributed by atoms with Crippen LogP contribution < -0.4 is 10.6 Å². The fourth-order valence-electron chi connectivity index (χ4n) is 3.13. The Morgan fingerprint density at radius 1 is 1.20 bits per heavy atom. The summed E-state index contributed by atoms with van der Waals surface area (Å²) in [6.07, 6.45) is 2.16. The van der Waals surface area contributed by atoms with E-state index in [0.29, 0.717) is 18.1 Å². The molecule has 3 rings (SSSR count). The monoisotopic (exact) mass is 340 g/mol. The molecule has 1 aromatic heterocycles. The molecule has 6 heteroatoms. The number of hydrogen-bond donors (Lipinski definition) is 2. The Kier molecular flexibility index (Phi) is 5.28. The number of nitrogens with zero attached hydrogens (tertiary/aromatic N) is 2. The number of rotatable bonds is 5. The number of anilines is 2. The van der Waals surface area contributed by atoms with E-state index in [2.05, 4.69) is 53.7 Å². The van der Waals surface area contributed by atoms with Crippen LogP contribution in [0, 0.1) is 20.8 Å². The van der Waals surface area contributed by atoms with E-state index in [4.69, 9.17) is 4.74 Å². The van der Waals surface area contributed by atoms with Gasteiger partial charge in [-0.15, -0.1) is 10.2 Å². The van der Waals surface area contributed by atoms with E-state index in [1.807, 2.05) is 0 Å². The van der Waals surface area contributed by atoms with Gasteiger partial charge in [0, 0.05) is 18.8 Å². The highest BCUT2D eigenvalue weighted by molar-refractivity contribution is 5.92. The molecule has 1 aromatic carbocycles. The normalized spacial score (nSPS) is 16.7. The Balaban J connectivity index is 1.63. The number of benzene rings is 1. The van der Waals surface area contributed by atoms with Gasteiger partial charge in [0.15, 0.2) is 11.5 Å². The highest BCUT2D eigenvalue weighted by Crippen LogP contribution is 2.24. The van der Waals surface area contributed by atoms with E-state index >= 15 is 0 Å². The number of aromatic nitrogens is 2. The zero-order valence-electron chi connectivity index (χ0n) is 14.9. The van der Waals surface area contributed by atoms with Crippen molar-refractivity contribution in [3.05, 3.63) is 46.6 Å². The standard InChI is InChI=1S/C19H24N4O2/c1-12-9-13(2)18(14(3)10-12)21-17-7-6-16(22-23-17)19(24)20-11-15-5-4-8-25-15/h6-7,9-10,15H,4-5,8,11H2,1-3H3,(H,20,24)(H,21,23). The Hall–Kier alpha value is -2.47. The van der Waals surface area contributed by atoms with E-state index in [-0.39, 0.29) is 12.0 Å². The zero-order valence-corrected chi connectivity index (χ0v) is 14.9. The van der Waals surface area contributed by atoms with Gasteiger partial charge in [0.25, 0.3) is 5.91 Å². The smallest absolute Gasteiger partial charge is 0.271 e. The summed E-state index contributed by atoms with van der Waals surface area (Å²) < 4.78 is 5.49. The fourth-order valence-corrected chi connectivity index (χ4v) is 3.13. The number of ether oxygens (including phenoxy) is 1. The zero-order chi connectivity index (χ0) is 17.8. The summed E-state index contributed by atoms with van der Waals surface area (Å²) in [5.41, 5.74) is 4.86. The second-order valence-electron chi connectivity index (χ2n) is 6.55.